The molecule has 1 aromatic carbocycles. The molecule has 0 spiro atoms. The highest BCUT2D eigenvalue weighted by Crippen LogP contribution is 2.38. The van der Waals surface area contributed by atoms with Crippen molar-refractivity contribution >= 4 is 5.82 Å². The summed E-state index contributed by atoms with van der Waals surface area (Å²) in [5.74, 6) is 2.10. The Morgan fingerprint density at radius 2 is 1.95 bits per heavy atom. The first-order chi connectivity index (χ1) is 9.75. The lowest BCUT2D eigenvalue weighted by Gasteiger charge is -2.27. The molecule has 3 rings (SSSR count). The van der Waals surface area contributed by atoms with Crippen LogP contribution in [0.5, 0.6) is 0 Å². The lowest BCUT2D eigenvalue weighted by molar-refractivity contribution is 0.327. The minimum Gasteiger partial charge on any atom is -0.384 e. The normalized spacial score (nSPS) is 22.9. The van der Waals surface area contributed by atoms with Crippen LogP contribution in [0.2, 0.25) is 0 Å². The smallest absolute Gasteiger partial charge is 0.127 e. The molecule has 3 nitrogen and oxygen atoms in total. The SMILES string of the molecule is CC1CCCCC1c1ncn(Cc2ccccc2)c1N. The van der Waals surface area contributed by atoms with Crippen molar-refractivity contribution in [2.45, 2.75) is 45.1 Å². The summed E-state index contributed by atoms with van der Waals surface area (Å²) in [6.45, 7) is 3.14. The van der Waals surface area contributed by atoms with Crippen LogP contribution in [-0.2, 0) is 6.54 Å². The molecule has 2 aromatic rings. The predicted octanol–water partition coefficient (Wildman–Crippen LogP) is 3.81. The van der Waals surface area contributed by atoms with Gasteiger partial charge >= 0.3 is 0 Å². The maximum Gasteiger partial charge on any atom is 0.127 e. The Kier molecular flexibility index (Phi) is 3.77. The van der Waals surface area contributed by atoms with E-state index in [4.69, 9.17) is 5.73 Å². The zero-order valence-electron chi connectivity index (χ0n) is 12.1. The Morgan fingerprint density at radius 3 is 2.70 bits per heavy atom. The molecule has 2 atom stereocenters. The first kappa shape index (κ1) is 13.2. The summed E-state index contributed by atoms with van der Waals surface area (Å²) in [7, 11) is 0. The van der Waals surface area contributed by atoms with E-state index in [-0.39, 0.29) is 0 Å². The van der Waals surface area contributed by atoms with Gasteiger partial charge in [-0.25, -0.2) is 4.98 Å². The van der Waals surface area contributed by atoms with E-state index < -0.39 is 0 Å². The third kappa shape index (κ3) is 2.58. The Bertz CT molecular complexity index is 559. The summed E-state index contributed by atoms with van der Waals surface area (Å²) in [5, 5.41) is 0. The number of aromatic nitrogens is 2. The van der Waals surface area contributed by atoms with Crippen LogP contribution in [0.15, 0.2) is 36.7 Å². The highest BCUT2D eigenvalue weighted by Gasteiger charge is 2.27. The van der Waals surface area contributed by atoms with Gasteiger partial charge in [-0.05, 0) is 17.9 Å². The lowest BCUT2D eigenvalue weighted by Crippen LogP contribution is -2.17. The number of rotatable bonds is 3. The van der Waals surface area contributed by atoms with E-state index in [9.17, 15) is 0 Å². The van der Waals surface area contributed by atoms with Crippen molar-refractivity contribution in [1.82, 2.24) is 9.55 Å². The Hall–Kier alpha value is -1.77. The number of anilines is 1. The van der Waals surface area contributed by atoms with Crippen LogP contribution in [0.25, 0.3) is 0 Å². The number of hydrogen-bond donors (Lipinski definition) is 1. The molecule has 0 saturated heterocycles. The van der Waals surface area contributed by atoms with Crippen LogP contribution in [0, 0.1) is 5.92 Å². The number of hydrogen-bond acceptors (Lipinski definition) is 2. The van der Waals surface area contributed by atoms with Gasteiger partial charge in [0.2, 0.25) is 0 Å². The number of benzene rings is 1. The maximum absolute atomic E-state index is 6.34. The third-order valence-electron chi connectivity index (χ3n) is 4.57. The molecular formula is C17H23N3. The zero-order valence-corrected chi connectivity index (χ0v) is 12.1. The number of nitrogens with zero attached hydrogens (tertiary/aromatic N) is 2. The standard InChI is InChI=1S/C17H23N3/c1-13-7-5-6-10-15(13)16-17(18)20(12-19-16)11-14-8-3-2-4-9-14/h2-4,8-9,12-13,15H,5-7,10-11,18H2,1H3. The molecule has 0 radical (unpaired) electrons. The van der Waals surface area contributed by atoms with Crippen LogP contribution < -0.4 is 5.73 Å². The predicted molar refractivity (Wildman–Crippen MR) is 82.6 cm³/mol. The van der Waals surface area contributed by atoms with Crippen molar-refractivity contribution in [3.8, 4) is 0 Å². The van der Waals surface area contributed by atoms with E-state index in [1.807, 2.05) is 12.4 Å². The van der Waals surface area contributed by atoms with Crippen LogP contribution in [0.3, 0.4) is 0 Å². The van der Waals surface area contributed by atoms with Gasteiger partial charge in [0.05, 0.1) is 18.6 Å². The van der Waals surface area contributed by atoms with Crippen molar-refractivity contribution in [3.05, 3.63) is 47.9 Å². The molecular weight excluding hydrogens is 246 g/mol. The second kappa shape index (κ2) is 5.70. The Balaban J connectivity index is 1.81. The van der Waals surface area contributed by atoms with Gasteiger partial charge in [0.25, 0.3) is 0 Å². The summed E-state index contributed by atoms with van der Waals surface area (Å²) < 4.78 is 2.08. The quantitative estimate of drug-likeness (QED) is 0.921. The molecule has 0 aliphatic heterocycles. The van der Waals surface area contributed by atoms with E-state index in [2.05, 4.69) is 40.7 Å². The van der Waals surface area contributed by atoms with Crippen molar-refractivity contribution in [2.24, 2.45) is 5.92 Å². The lowest BCUT2D eigenvalue weighted by atomic mass is 9.78. The highest BCUT2D eigenvalue weighted by atomic mass is 15.1. The molecule has 1 fully saturated rings. The topological polar surface area (TPSA) is 43.8 Å². The van der Waals surface area contributed by atoms with Crippen molar-refractivity contribution in [1.29, 1.82) is 0 Å². The molecule has 1 aromatic heterocycles. The number of nitrogens with two attached hydrogens (primary N) is 1. The van der Waals surface area contributed by atoms with Crippen LogP contribution in [0.1, 0.15) is 49.8 Å². The average molecular weight is 269 g/mol. The fraction of sp³-hybridized carbons (Fsp3) is 0.471. The van der Waals surface area contributed by atoms with Crippen molar-refractivity contribution in [3.63, 3.8) is 0 Å². The Labute approximate surface area is 120 Å². The third-order valence-corrected chi connectivity index (χ3v) is 4.57. The highest BCUT2D eigenvalue weighted by molar-refractivity contribution is 5.40. The molecule has 106 valence electrons. The fourth-order valence-electron chi connectivity index (χ4n) is 3.32. The second-order valence-electron chi connectivity index (χ2n) is 6.00. The van der Waals surface area contributed by atoms with E-state index in [0.29, 0.717) is 11.8 Å². The van der Waals surface area contributed by atoms with Crippen LogP contribution in [-0.4, -0.2) is 9.55 Å². The number of imidazole rings is 1. The van der Waals surface area contributed by atoms with E-state index >= 15 is 0 Å². The van der Waals surface area contributed by atoms with E-state index in [0.717, 1.165) is 18.1 Å². The Morgan fingerprint density at radius 1 is 1.20 bits per heavy atom. The molecule has 3 heteroatoms. The molecule has 1 aliphatic carbocycles. The van der Waals surface area contributed by atoms with Crippen LogP contribution >= 0.6 is 0 Å². The molecule has 1 aliphatic rings. The average Bonchev–Trinajstić information content (AvgIpc) is 2.82. The second-order valence-corrected chi connectivity index (χ2v) is 6.00. The summed E-state index contributed by atoms with van der Waals surface area (Å²) >= 11 is 0. The number of nitrogen functional groups attached to an aromatic ring is 1. The molecule has 1 saturated carbocycles. The molecule has 2 N–H and O–H groups in total. The van der Waals surface area contributed by atoms with Gasteiger partial charge in [0.1, 0.15) is 5.82 Å². The van der Waals surface area contributed by atoms with Gasteiger partial charge in [-0.3, -0.25) is 0 Å². The first-order valence-corrected chi connectivity index (χ1v) is 7.60. The molecule has 0 amide bonds. The molecule has 20 heavy (non-hydrogen) atoms. The van der Waals surface area contributed by atoms with Gasteiger partial charge in [-0.15, -0.1) is 0 Å². The minimum atomic E-state index is 0.542. The van der Waals surface area contributed by atoms with E-state index in [1.165, 1.54) is 31.2 Å². The summed E-state index contributed by atoms with van der Waals surface area (Å²) in [6, 6.07) is 10.4. The van der Waals surface area contributed by atoms with Gasteiger partial charge in [0.15, 0.2) is 0 Å². The largest absolute Gasteiger partial charge is 0.384 e. The van der Waals surface area contributed by atoms with Crippen molar-refractivity contribution in [2.75, 3.05) is 5.73 Å². The van der Waals surface area contributed by atoms with Crippen LogP contribution in [0.4, 0.5) is 5.82 Å². The van der Waals surface area contributed by atoms with Gasteiger partial charge in [-0.2, -0.15) is 0 Å². The monoisotopic (exact) mass is 269 g/mol. The minimum absolute atomic E-state index is 0.542. The molecule has 1 heterocycles. The zero-order chi connectivity index (χ0) is 13.9. The fourth-order valence-corrected chi connectivity index (χ4v) is 3.32. The van der Waals surface area contributed by atoms with Gasteiger partial charge < -0.3 is 10.3 Å². The maximum atomic E-state index is 6.34. The van der Waals surface area contributed by atoms with E-state index in [1.54, 1.807) is 0 Å². The molecule has 0 bridgehead atoms. The van der Waals surface area contributed by atoms with Gasteiger partial charge in [-0.1, -0.05) is 56.5 Å². The molecule has 2 unspecified atom stereocenters. The first-order valence-electron chi connectivity index (χ1n) is 7.60. The summed E-state index contributed by atoms with van der Waals surface area (Å²) in [4.78, 5) is 4.62. The summed E-state index contributed by atoms with van der Waals surface area (Å²) in [5.41, 5.74) is 8.73. The summed E-state index contributed by atoms with van der Waals surface area (Å²) in [6.07, 6.45) is 7.09. The van der Waals surface area contributed by atoms with Crippen molar-refractivity contribution < 1.29 is 0 Å². The van der Waals surface area contributed by atoms with Gasteiger partial charge in [0, 0.05) is 5.92 Å².